The van der Waals surface area contributed by atoms with Crippen molar-refractivity contribution < 1.29 is 14.3 Å². The highest BCUT2D eigenvalue weighted by Crippen LogP contribution is 2.45. The Morgan fingerprint density at radius 2 is 1.73 bits per heavy atom. The van der Waals surface area contributed by atoms with Crippen LogP contribution in [0.15, 0.2) is 0 Å². The van der Waals surface area contributed by atoms with Gasteiger partial charge in [0.05, 0.1) is 12.1 Å². The molecule has 0 aromatic carbocycles. The Hall–Kier alpha value is 0.260. The van der Waals surface area contributed by atoms with E-state index in [2.05, 4.69) is 26.1 Å². The molecule has 128 valence electrons. The van der Waals surface area contributed by atoms with E-state index in [4.69, 9.17) is 44.3 Å². The molecule has 0 bridgehead atoms. The highest BCUT2D eigenvalue weighted by atomic mass is 35.6. The average molecular weight is 373 g/mol. The van der Waals surface area contributed by atoms with Crippen molar-refractivity contribution in [2.75, 3.05) is 0 Å². The number of carbonyl (C=O) groups excluding carboxylic acids is 1. The molecule has 4 nitrogen and oxygen atoms in total. The molecule has 1 saturated carbocycles. The van der Waals surface area contributed by atoms with Gasteiger partial charge in [0.15, 0.2) is 5.79 Å². The normalized spacial score (nSPS) is 35.1. The Morgan fingerprint density at radius 3 is 2.23 bits per heavy atom. The summed E-state index contributed by atoms with van der Waals surface area (Å²) in [6.07, 6.45) is 1.40. The second-order valence-corrected chi connectivity index (χ2v) is 10.0. The van der Waals surface area contributed by atoms with Crippen molar-refractivity contribution in [3.05, 3.63) is 0 Å². The SMILES string of the molecule is CC1(C)O[C@H]2[C@@H](NC(=O)C(Cl)(Cl)Cl)C[C@H](C(C)(C)C)C[C@H]2O1. The summed E-state index contributed by atoms with van der Waals surface area (Å²) in [7, 11) is 0. The van der Waals surface area contributed by atoms with E-state index in [0.29, 0.717) is 5.92 Å². The van der Waals surface area contributed by atoms with Crippen LogP contribution in [0.1, 0.15) is 47.5 Å². The Labute approximate surface area is 147 Å². The van der Waals surface area contributed by atoms with Gasteiger partial charge in [-0.05, 0) is 38.0 Å². The number of amides is 1. The fourth-order valence-corrected chi connectivity index (χ4v) is 3.47. The maximum absolute atomic E-state index is 12.0. The number of nitrogens with one attached hydrogen (secondary N) is 1. The van der Waals surface area contributed by atoms with Crippen molar-refractivity contribution in [2.45, 2.75) is 75.3 Å². The molecule has 22 heavy (non-hydrogen) atoms. The molecule has 1 aliphatic heterocycles. The number of ether oxygens (including phenoxy) is 2. The lowest BCUT2D eigenvalue weighted by Crippen LogP contribution is -2.55. The van der Waals surface area contributed by atoms with Gasteiger partial charge in [-0.2, -0.15) is 0 Å². The van der Waals surface area contributed by atoms with Crippen LogP contribution < -0.4 is 5.32 Å². The van der Waals surface area contributed by atoms with Crippen molar-refractivity contribution in [3.63, 3.8) is 0 Å². The van der Waals surface area contributed by atoms with Crippen LogP contribution in [0.25, 0.3) is 0 Å². The molecule has 2 aliphatic rings. The van der Waals surface area contributed by atoms with E-state index in [1.807, 2.05) is 13.8 Å². The molecule has 1 aliphatic carbocycles. The molecule has 1 N–H and O–H groups in total. The van der Waals surface area contributed by atoms with Crippen molar-refractivity contribution >= 4 is 40.7 Å². The highest BCUT2D eigenvalue weighted by Gasteiger charge is 2.52. The summed E-state index contributed by atoms with van der Waals surface area (Å²) >= 11 is 17.0. The van der Waals surface area contributed by atoms with Crippen molar-refractivity contribution in [2.24, 2.45) is 11.3 Å². The van der Waals surface area contributed by atoms with Crippen LogP contribution >= 0.6 is 34.8 Å². The Bertz CT molecular complexity index is 442. The monoisotopic (exact) mass is 371 g/mol. The summed E-state index contributed by atoms with van der Waals surface area (Å²) in [5.41, 5.74) is 0.101. The molecule has 2 rings (SSSR count). The zero-order chi connectivity index (χ0) is 16.9. The van der Waals surface area contributed by atoms with Crippen LogP contribution in [0.3, 0.4) is 0 Å². The van der Waals surface area contributed by atoms with E-state index in [1.54, 1.807) is 0 Å². The van der Waals surface area contributed by atoms with Gasteiger partial charge in [0.1, 0.15) is 6.10 Å². The lowest BCUT2D eigenvalue weighted by molar-refractivity contribution is -0.148. The van der Waals surface area contributed by atoms with Gasteiger partial charge < -0.3 is 14.8 Å². The molecule has 0 spiro atoms. The third-order valence-electron chi connectivity index (χ3n) is 4.47. The first-order valence-corrected chi connectivity index (χ1v) is 8.66. The van der Waals surface area contributed by atoms with Gasteiger partial charge in [0.25, 0.3) is 9.70 Å². The first kappa shape index (κ1) is 18.6. The predicted octanol–water partition coefficient (Wildman–Crippen LogP) is 3.82. The molecule has 1 amide bonds. The van der Waals surface area contributed by atoms with Gasteiger partial charge in [-0.15, -0.1) is 0 Å². The summed E-state index contributed by atoms with van der Waals surface area (Å²) in [5.74, 6) is -0.901. The van der Waals surface area contributed by atoms with E-state index in [9.17, 15) is 4.79 Å². The quantitative estimate of drug-likeness (QED) is 0.712. The summed E-state index contributed by atoms with van der Waals surface area (Å²) in [6, 6.07) is -0.229. The number of halogens is 3. The van der Waals surface area contributed by atoms with Gasteiger partial charge >= 0.3 is 0 Å². The summed E-state index contributed by atoms with van der Waals surface area (Å²) in [4.78, 5) is 12.0. The van der Waals surface area contributed by atoms with Crippen LogP contribution in [0.4, 0.5) is 0 Å². The topological polar surface area (TPSA) is 47.6 Å². The average Bonchev–Trinajstić information content (AvgIpc) is 2.60. The Kier molecular flexibility index (Phi) is 5.04. The molecular formula is C15H24Cl3NO3. The van der Waals surface area contributed by atoms with Crippen LogP contribution in [0.5, 0.6) is 0 Å². The van der Waals surface area contributed by atoms with E-state index in [0.717, 1.165) is 12.8 Å². The molecule has 0 unspecified atom stereocenters. The minimum Gasteiger partial charge on any atom is -0.347 e. The molecular weight excluding hydrogens is 349 g/mol. The zero-order valence-electron chi connectivity index (χ0n) is 13.6. The standard InChI is InChI=1S/C15H24Cl3NO3/c1-13(2,3)8-6-9(19-12(20)15(16,17)18)11-10(7-8)21-14(4,5)22-11/h8-11H,6-7H2,1-5H3,(H,19,20)/t8-,9-,10+,11-/m0/s1. The second kappa shape index (κ2) is 5.96. The maximum atomic E-state index is 12.0. The van der Waals surface area contributed by atoms with E-state index >= 15 is 0 Å². The van der Waals surface area contributed by atoms with Crippen molar-refractivity contribution in [1.29, 1.82) is 0 Å². The van der Waals surface area contributed by atoms with Crippen LogP contribution in [0.2, 0.25) is 0 Å². The molecule has 4 atom stereocenters. The number of rotatable bonds is 1. The third-order valence-corrected chi connectivity index (χ3v) is 4.99. The predicted molar refractivity (Wildman–Crippen MR) is 88.2 cm³/mol. The van der Waals surface area contributed by atoms with Gasteiger partial charge in [0, 0.05) is 0 Å². The van der Waals surface area contributed by atoms with Crippen LogP contribution in [-0.4, -0.2) is 33.7 Å². The molecule has 2 fully saturated rings. The second-order valence-electron chi connectivity index (χ2n) is 7.75. The molecule has 0 aromatic rings. The number of alkyl halides is 3. The van der Waals surface area contributed by atoms with E-state index < -0.39 is 15.5 Å². The van der Waals surface area contributed by atoms with Gasteiger partial charge in [-0.3, -0.25) is 4.79 Å². The zero-order valence-corrected chi connectivity index (χ0v) is 15.9. The lowest BCUT2D eigenvalue weighted by atomic mass is 9.69. The van der Waals surface area contributed by atoms with E-state index in [-0.39, 0.29) is 23.7 Å². The van der Waals surface area contributed by atoms with E-state index in [1.165, 1.54) is 0 Å². The third kappa shape index (κ3) is 4.21. The first-order valence-electron chi connectivity index (χ1n) is 7.53. The number of fused-ring (bicyclic) bond motifs is 1. The molecule has 0 radical (unpaired) electrons. The van der Waals surface area contributed by atoms with Gasteiger partial charge in [-0.1, -0.05) is 55.6 Å². The van der Waals surface area contributed by atoms with Crippen LogP contribution in [0, 0.1) is 11.3 Å². The first-order chi connectivity index (χ1) is 9.79. The smallest absolute Gasteiger partial charge is 0.272 e. The lowest BCUT2D eigenvalue weighted by Gasteiger charge is -2.42. The van der Waals surface area contributed by atoms with Gasteiger partial charge in [-0.25, -0.2) is 0 Å². The largest absolute Gasteiger partial charge is 0.347 e. The fourth-order valence-electron chi connectivity index (χ4n) is 3.30. The molecule has 1 saturated heterocycles. The minimum atomic E-state index is -1.97. The van der Waals surface area contributed by atoms with Crippen molar-refractivity contribution in [3.8, 4) is 0 Å². The molecule has 1 heterocycles. The molecule has 0 aromatic heterocycles. The van der Waals surface area contributed by atoms with Gasteiger partial charge in [0.2, 0.25) is 0 Å². The van der Waals surface area contributed by atoms with Crippen molar-refractivity contribution in [1.82, 2.24) is 5.32 Å². The number of hydrogen-bond acceptors (Lipinski definition) is 3. The Morgan fingerprint density at radius 1 is 1.14 bits per heavy atom. The minimum absolute atomic E-state index is 0.0614. The van der Waals surface area contributed by atoms with Crippen LogP contribution in [-0.2, 0) is 14.3 Å². The summed E-state index contributed by atoms with van der Waals surface area (Å²) in [5, 5.41) is 2.83. The Balaban J connectivity index is 2.19. The number of carbonyl (C=O) groups is 1. The number of hydrogen-bond donors (Lipinski definition) is 1. The molecule has 7 heteroatoms. The highest BCUT2D eigenvalue weighted by molar-refractivity contribution is 6.76. The summed E-state index contributed by atoms with van der Waals surface area (Å²) < 4.78 is 10.0. The summed E-state index contributed by atoms with van der Waals surface area (Å²) in [6.45, 7) is 10.3. The maximum Gasteiger partial charge on any atom is 0.272 e. The fraction of sp³-hybridized carbons (Fsp3) is 0.933.